The molecule has 5 heterocycles. The number of rotatable bonds is 3. The molecule has 0 amide bonds. The third-order valence-electron chi connectivity index (χ3n) is 5.13. The Morgan fingerprint density at radius 2 is 2.07 bits per heavy atom. The van der Waals surface area contributed by atoms with Crippen LogP contribution in [0.25, 0.3) is 17.0 Å². The monoisotopic (exact) mass is 409 g/mol. The lowest BCUT2D eigenvalue weighted by molar-refractivity contribution is -0.0181. The third kappa shape index (κ3) is 3.34. The largest absolute Gasteiger partial charge is 0.367 e. The predicted octanol–water partition coefficient (Wildman–Crippen LogP) is 3.44. The summed E-state index contributed by atoms with van der Waals surface area (Å²) in [5.41, 5.74) is 4.56. The zero-order valence-corrected chi connectivity index (χ0v) is 16.8. The van der Waals surface area contributed by atoms with Gasteiger partial charge < -0.3 is 9.64 Å². The van der Waals surface area contributed by atoms with Gasteiger partial charge in [-0.15, -0.1) is 0 Å². The first-order valence-electron chi connectivity index (χ1n) is 9.45. The second-order valence-electron chi connectivity index (χ2n) is 7.25. The van der Waals surface area contributed by atoms with E-state index in [9.17, 15) is 0 Å². The lowest BCUT2D eigenvalue weighted by Gasteiger charge is -2.36. The van der Waals surface area contributed by atoms with E-state index in [0.29, 0.717) is 17.5 Å². The molecule has 0 bridgehead atoms. The Kier molecular flexibility index (Phi) is 4.44. The van der Waals surface area contributed by atoms with E-state index in [2.05, 4.69) is 32.0 Å². The Balaban J connectivity index is 1.49. The van der Waals surface area contributed by atoms with Gasteiger partial charge in [0, 0.05) is 30.2 Å². The van der Waals surface area contributed by atoms with Gasteiger partial charge in [0.1, 0.15) is 11.8 Å². The molecule has 1 aliphatic rings. The number of H-pyrrole nitrogens is 1. The van der Waals surface area contributed by atoms with Gasteiger partial charge >= 0.3 is 0 Å². The number of ether oxygens (including phenoxy) is 1. The van der Waals surface area contributed by atoms with Crippen molar-refractivity contribution in [2.24, 2.45) is 0 Å². The maximum atomic E-state index is 6.17. The molecule has 4 aromatic rings. The molecule has 0 aromatic carbocycles. The van der Waals surface area contributed by atoms with Crippen LogP contribution in [0.5, 0.6) is 0 Å². The maximum Gasteiger partial charge on any atom is 0.226 e. The molecule has 5 rings (SSSR count). The minimum Gasteiger partial charge on any atom is -0.367 e. The number of anilines is 1. The number of morpholine rings is 1. The smallest absolute Gasteiger partial charge is 0.226 e. The van der Waals surface area contributed by atoms with Crippen molar-refractivity contribution in [3.8, 4) is 11.4 Å². The number of pyridine rings is 1. The molecule has 9 heteroatoms. The maximum absolute atomic E-state index is 6.17. The van der Waals surface area contributed by atoms with Crippen molar-refractivity contribution >= 4 is 23.2 Å². The minimum atomic E-state index is -0.0839. The van der Waals surface area contributed by atoms with Crippen LogP contribution in [0.2, 0.25) is 5.02 Å². The number of nitrogens with zero attached hydrogens (tertiary/aromatic N) is 6. The van der Waals surface area contributed by atoms with Crippen LogP contribution in [0.3, 0.4) is 0 Å². The normalized spacial score (nSPS) is 19.8. The van der Waals surface area contributed by atoms with Gasteiger partial charge in [-0.2, -0.15) is 5.10 Å². The molecule has 1 N–H and O–H groups in total. The van der Waals surface area contributed by atoms with Crippen molar-refractivity contribution in [1.29, 1.82) is 0 Å². The van der Waals surface area contributed by atoms with E-state index in [1.807, 2.05) is 41.9 Å². The van der Waals surface area contributed by atoms with Gasteiger partial charge in [-0.05, 0) is 32.0 Å². The van der Waals surface area contributed by atoms with Crippen molar-refractivity contribution in [1.82, 2.24) is 29.5 Å². The zero-order valence-electron chi connectivity index (χ0n) is 16.1. The average Bonchev–Trinajstić information content (AvgIpc) is 3.33. The van der Waals surface area contributed by atoms with Gasteiger partial charge in [-0.1, -0.05) is 11.6 Å². The first kappa shape index (κ1) is 18.1. The SMILES string of the molecule is Cc1[nH]ncc1[C@H]1CN(c2nccc(-c3cnc4ccc(Cl)cn34)n2)C[C@@H](C)O1. The summed E-state index contributed by atoms with van der Waals surface area (Å²) < 4.78 is 8.09. The molecule has 4 aromatic heterocycles. The van der Waals surface area contributed by atoms with E-state index >= 15 is 0 Å². The second kappa shape index (κ2) is 7.13. The van der Waals surface area contributed by atoms with Crippen LogP contribution in [-0.2, 0) is 4.74 Å². The summed E-state index contributed by atoms with van der Waals surface area (Å²) in [7, 11) is 0. The highest BCUT2D eigenvalue weighted by Crippen LogP contribution is 2.29. The molecule has 2 atom stereocenters. The first-order chi connectivity index (χ1) is 14.1. The molecular formula is C20H20ClN7O. The summed E-state index contributed by atoms with van der Waals surface area (Å²) in [4.78, 5) is 16.0. The van der Waals surface area contributed by atoms with Crippen molar-refractivity contribution < 1.29 is 4.74 Å². The van der Waals surface area contributed by atoms with Crippen molar-refractivity contribution in [2.45, 2.75) is 26.1 Å². The summed E-state index contributed by atoms with van der Waals surface area (Å²) in [5.74, 6) is 0.667. The summed E-state index contributed by atoms with van der Waals surface area (Å²) in [6.45, 7) is 5.44. The molecule has 0 unspecified atom stereocenters. The summed E-state index contributed by atoms with van der Waals surface area (Å²) in [6, 6.07) is 5.59. The lowest BCUT2D eigenvalue weighted by Crippen LogP contribution is -2.43. The average molecular weight is 410 g/mol. The summed E-state index contributed by atoms with van der Waals surface area (Å²) in [5, 5.41) is 7.76. The predicted molar refractivity (Wildman–Crippen MR) is 110 cm³/mol. The summed E-state index contributed by atoms with van der Waals surface area (Å²) in [6.07, 6.45) is 7.21. The molecule has 1 aliphatic heterocycles. The van der Waals surface area contributed by atoms with Crippen molar-refractivity contribution in [3.63, 3.8) is 0 Å². The Labute approximate surface area is 172 Å². The molecule has 29 heavy (non-hydrogen) atoms. The number of nitrogens with one attached hydrogen (secondary N) is 1. The van der Waals surface area contributed by atoms with Gasteiger partial charge in [0.15, 0.2) is 0 Å². The van der Waals surface area contributed by atoms with E-state index in [4.69, 9.17) is 21.3 Å². The number of aromatic amines is 1. The van der Waals surface area contributed by atoms with Crippen LogP contribution in [0.15, 0.2) is 43.0 Å². The van der Waals surface area contributed by atoms with Gasteiger partial charge in [0.05, 0.1) is 41.5 Å². The fourth-order valence-electron chi connectivity index (χ4n) is 3.76. The number of aromatic nitrogens is 6. The number of imidazole rings is 1. The Bertz CT molecular complexity index is 1170. The van der Waals surface area contributed by atoms with Gasteiger partial charge in [-0.25, -0.2) is 15.0 Å². The van der Waals surface area contributed by atoms with Gasteiger partial charge in [0.25, 0.3) is 0 Å². The number of fused-ring (bicyclic) bond motifs is 1. The molecule has 0 aliphatic carbocycles. The van der Waals surface area contributed by atoms with E-state index in [0.717, 1.165) is 34.8 Å². The number of aryl methyl sites for hydroxylation is 1. The van der Waals surface area contributed by atoms with E-state index < -0.39 is 0 Å². The zero-order chi connectivity index (χ0) is 20.0. The van der Waals surface area contributed by atoms with Crippen LogP contribution in [-0.4, -0.2) is 48.7 Å². The van der Waals surface area contributed by atoms with E-state index in [1.54, 1.807) is 12.4 Å². The standard InChI is InChI=1S/C20H20ClN7O/c1-12-9-27(11-18(29-12)15-7-24-26-13(15)2)20-22-6-5-16(25-20)17-8-23-19-4-3-14(21)10-28(17)19/h3-8,10,12,18H,9,11H2,1-2H3,(H,24,26)/t12-,18-/m1/s1. The fraction of sp³-hybridized carbons (Fsp3) is 0.300. The molecule has 1 saturated heterocycles. The molecule has 8 nitrogen and oxygen atoms in total. The Morgan fingerprint density at radius 3 is 2.90 bits per heavy atom. The van der Waals surface area contributed by atoms with Crippen LogP contribution in [0.1, 0.15) is 24.3 Å². The van der Waals surface area contributed by atoms with Crippen LogP contribution < -0.4 is 4.90 Å². The first-order valence-corrected chi connectivity index (χ1v) is 9.82. The quantitative estimate of drug-likeness (QED) is 0.558. The Morgan fingerprint density at radius 1 is 1.17 bits per heavy atom. The second-order valence-corrected chi connectivity index (χ2v) is 7.69. The highest BCUT2D eigenvalue weighted by molar-refractivity contribution is 6.30. The molecule has 1 fully saturated rings. The van der Waals surface area contributed by atoms with Crippen molar-refractivity contribution in [3.05, 3.63) is 59.3 Å². The molecule has 0 spiro atoms. The Hall–Kier alpha value is -2.97. The number of hydrogen-bond acceptors (Lipinski definition) is 6. The van der Waals surface area contributed by atoms with Gasteiger partial charge in [-0.3, -0.25) is 9.50 Å². The number of hydrogen-bond donors (Lipinski definition) is 1. The van der Waals surface area contributed by atoms with Crippen LogP contribution >= 0.6 is 11.6 Å². The fourth-order valence-corrected chi connectivity index (χ4v) is 3.92. The van der Waals surface area contributed by atoms with Crippen molar-refractivity contribution in [2.75, 3.05) is 18.0 Å². The number of halogens is 1. The van der Waals surface area contributed by atoms with Gasteiger partial charge in [0.2, 0.25) is 5.95 Å². The highest BCUT2D eigenvalue weighted by Gasteiger charge is 2.29. The van der Waals surface area contributed by atoms with Crippen LogP contribution in [0, 0.1) is 6.92 Å². The van der Waals surface area contributed by atoms with Crippen LogP contribution in [0.4, 0.5) is 5.95 Å². The van der Waals surface area contributed by atoms with E-state index in [-0.39, 0.29) is 12.2 Å². The molecule has 0 saturated carbocycles. The summed E-state index contributed by atoms with van der Waals surface area (Å²) >= 11 is 6.17. The minimum absolute atomic E-state index is 0.0462. The van der Waals surface area contributed by atoms with E-state index in [1.165, 1.54) is 0 Å². The molecule has 148 valence electrons. The molecule has 0 radical (unpaired) electrons. The topological polar surface area (TPSA) is 84.2 Å². The third-order valence-corrected chi connectivity index (χ3v) is 5.36. The lowest BCUT2D eigenvalue weighted by atomic mass is 10.1. The molecular weight excluding hydrogens is 390 g/mol. The highest BCUT2D eigenvalue weighted by atomic mass is 35.5.